The Balaban J connectivity index is 1.58. The number of sulfonamides is 1. The predicted octanol–water partition coefficient (Wildman–Crippen LogP) is 3.88. The normalized spacial score (nSPS) is 12.0. The molecule has 0 aliphatic heterocycles. The second-order valence-electron chi connectivity index (χ2n) is 7.12. The lowest BCUT2D eigenvalue weighted by atomic mass is 10.2. The fourth-order valence-corrected chi connectivity index (χ4v) is 4.00. The van der Waals surface area contributed by atoms with Crippen LogP contribution in [0.2, 0.25) is 0 Å². The van der Waals surface area contributed by atoms with Gasteiger partial charge >= 0.3 is 0 Å². The standard InChI is InChI=1S/C23H22FN3O5S/c1-15(27-33(30,31)22-12-8-18(9-13-22)25-16(2)28)23(29)26-19-6-10-20(11-7-19)32-21-5-3-4-17(24)14-21/h3-15,27H,1-2H3,(H,25,28)(H,26,29)/t15-/m0/s1. The van der Waals surface area contributed by atoms with Crippen LogP contribution in [0.1, 0.15) is 13.8 Å². The Hall–Kier alpha value is -3.76. The first kappa shape index (κ1) is 23.9. The van der Waals surface area contributed by atoms with Crippen molar-refractivity contribution in [2.45, 2.75) is 24.8 Å². The van der Waals surface area contributed by atoms with Crippen LogP contribution in [-0.4, -0.2) is 26.3 Å². The topological polar surface area (TPSA) is 114 Å². The maximum absolute atomic E-state index is 13.3. The minimum absolute atomic E-state index is 0.0462. The van der Waals surface area contributed by atoms with Crippen LogP contribution in [0.25, 0.3) is 0 Å². The molecule has 0 aliphatic rings. The molecule has 0 aromatic heterocycles. The van der Waals surface area contributed by atoms with Crippen molar-refractivity contribution >= 4 is 33.2 Å². The van der Waals surface area contributed by atoms with Crippen LogP contribution in [0.4, 0.5) is 15.8 Å². The molecule has 3 N–H and O–H groups in total. The Bertz CT molecular complexity index is 1250. The third-order valence-corrected chi connectivity index (χ3v) is 5.92. The summed E-state index contributed by atoms with van der Waals surface area (Å²) in [5.74, 6) is -0.485. The molecule has 0 aliphatic carbocycles. The second-order valence-corrected chi connectivity index (χ2v) is 8.84. The van der Waals surface area contributed by atoms with Crippen molar-refractivity contribution in [3.8, 4) is 11.5 Å². The maximum atomic E-state index is 13.3. The molecule has 0 spiro atoms. The van der Waals surface area contributed by atoms with E-state index in [2.05, 4.69) is 15.4 Å². The van der Waals surface area contributed by atoms with Crippen molar-refractivity contribution in [3.05, 3.63) is 78.6 Å². The molecular weight excluding hydrogens is 449 g/mol. The van der Waals surface area contributed by atoms with Crippen LogP contribution in [0, 0.1) is 5.82 Å². The van der Waals surface area contributed by atoms with Gasteiger partial charge in [0.15, 0.2) is 0 Å². The molecule has 0 radical (unpaired) electrons. The van der Waals surface area contributed by atoms with Gasteiger partial charge in [-0.25, -0.2) is 12.8 Å². The summed E-state index contributed by atoms with van der Waals surface area (Å²) in [5.41, 5.74) is 0.884. The molecule has 3 aromatic carbocycles. The molecule has 0 unspecified atom stereocenters. The van der Waals surface area contributed by atoms with E-state index >= 15 is 0 Å². The van der Waals surface area contributed by atoms with Crippen molar-refractivity contribution in [2.75, 3.05) is 10.6 Å². The van der Waals surface area contributed by atoms with Crippen molar-refractivity contribution in [1.29, 1.82) is 0 Å². The number of carbonyl (C=O) groups excluding carboxylic acids is 2. The first-order valence-electron chi connectivity index (χ1n) is 9.87. The highest BCUT2D eigenvalue weighted by Gasteiger charge is 2.22. The Morgan fingerprint density at radius 2 is 1.48 bits per heavy atom. The van der Waals surface area contributed by atoms with Gasteiger partial charge in [-0.1, -0.05) is 6.07 Å². The number of carbonyl (C=O) groups is 2. The van der Waals surface area contributed by atoms with Crippen LogP contribution in [0.5, 0.6) is 11.5 Å². The highest BCUT2D eigenvalue weighted by molar-refractivity contribution is 7.89. The molecule has 10 heteroatoms. The fraction of sp³-hybridized carbons (Fsp3) is 0.130. The average molecular weight is 472 g/mol. The van der Waals surface area contributed by atoms with Gasteiger partial charge in [0.1, 0.15) is 17.3 Å². The van der Waals surface area contributed by atoms with E-state index in [0.717, 1.165) is 0 Å². The summed E-state index contributed by atoms with van der Waals surface area (Å²) in [6.07, 6.45) is 0. The number of nitrogens with one attached hydrogen (secondary N) is 3. The van der Waals surface area contributed by atoms with E-state index in [9.17, 15) is 22.4 Å². The number of anilines is 2. The zero-order valence-electron chi connectivity index (χ0n) is 17.8. The fourth-order valence-electron chi connectivity index (χ4n) is 2.80. The van der Waals surface area contributed by atoms with E-state index in [0.29, 0.717) is 22.9 Å². The van der Waals surface area contributed by atoms with Crippen LogP contribution in [0.15, 0.2) is 77.7 Å². The van der Waals surface area contributed by atoms with Gasteiger partial charge in [0.05, 0.1) is 10.9 Å². The predicted molar refractivity (Wildman–Crippen MR) is 122 cm³/mol. The number of hydrogen-bond acceptors (Lipinski definition) is 5. The molecule has 33 heavy (non-hydrogen) atoms. The van der Waals surface area contributed by atoms with Gasteiger partial charge in [-0.2, -0.15) is 4.72 Å². The largest absolute Gasteiger partial charge is 0.457 e. The quantitative estimate of drug-likeness (QED) is 0.461. The monoisotopic (exact) mass is 471 g/mol. The van der Waals surface area contributed by atoms with Crippen LogP contribution in [-0.2, 0) is 19.6 Å². The summed E-state index contributed by atoms with van der Waals surface area (Å²) in [6.45, 7) is 2.76. The summed E-state index contributed by atoms with van der Waals surface area (Å²) in [6, 6.07) is 16.5. The van der Waals surface area contributed by atoms with Gasteiger partial charge < -0.3 is 15.4 Å². The summed E-state index contributed by atoms with van der Waals surface area (Å²) in [7, 11) is -3.96. The smallest absolute Gasteiger partial charge is 0.242 e. The molecule has 0 saturated carbocycles. The molecule has 2 amide bonds. The number of hydrogen-bond donors (Lipinski definition) is 3. The third kappa shape index (κ3) is 6.86. The van der Waals surface area contributed by atoms with Crippen molar-refractivity contribution < 1.29 is 27.1 Å². The summed E-state index contributed by atoms with van der Waals surface area (Å²) < 4.78 is 46.2. The van der Waals surface area contributed by atoms with Crippen molar-refractivity contribution in [2.24, 2.45) is 0 Å². The van der Waals surface area contributed by atoms with E-state index in [4.69, 9.17) is 4.74 Å². The number of ether oxygens (including phenoxy) is 1. The number of rotatable bonds is 8. The van der Waals surface area contributed by atoms with Crippen LogP contribution < -0.4 is 20.1 Å². The summed E-state index contributed by atoms with van der Waals surface area (Å²) in [4.78, 5) is 23.5. The number of halogens is 1. The zero-order chi connectivity index (χ0) is 24.0. The minimum Gasteiger partial charge on any atom is -0.457 e. The average Bonchev–Trinajstić information content (AvgIpc) is 2.75. The molecule has 1 atom stereocenters. The molecular formula is C23H22FN3O5S. The van der Waals surface area contributed by atoms with E-state index in [1.807, 2.05) is 0 Å². The first-order valence-corrected chi connectivity index (χ1v) is 11.3. The second kappa shape index (κ2) is 10.2. The first-order chi connectivity index (χ1) is 15.6. The van der Waals surface area contributed by atoms with Crippen molar-refractivity contribution in [1.82, 2.24) is 4.72 Å². The van der Waals surface area contributed by atoms with Crippen LogP contribution in [0.3, 0.4) is 0 Å². The minimum atomic E-state index is -3.96. The van der Waals surface area contributed by atoms with E-state index in [1.165, 1.54) is 56.3 Å². The lowest BCUT2D eigenvalue weighted by molar-refractivity contribution is -0.117. The molecule has 3 rings (SSSR count). The SMILES string of the molecule is CC(=O)Nc1ccc(S(=O)(=O)N[C@@H](C)C(=O)Nc2ccc(Oc3cccc(F)c3)cc2)cc1. The maximum Gasteiger partial charge on any atom is 0.242 e. The van der Waals surface area contributed by atoms with E-state index < -0.39 is 27.8 Å². The lowest BCUT2D eigenvalue weighted by Gasteiger charge is -2.15. The molecule has 0 bridgehead atoms. The molecule has 172 valence electrons. The Morgan fingerprint density at radius 1 is 0.879 bits per heavy atom. The van der Waals surface area contributed by atoms with E-state index in [-0.39, 0.29) is 10.8 Å². The molecule has 0 fully saturated rings. The molecule has 0 heterocycles. The Kier molecular flexibility index (Phi) is 7.41. The summed E-state index contributed by atoms with van der Waals surface area (Å²) >= 11 is 0. The Morgan fingerprint density at radius 3 is 2.09 bits per heavy atom. The molecule has 0 saturated heterocycles. The summed E-state index contributed by atoms with van der Waals surface area (Å²) in [5, 5.41) is 5.16. The van der Waals surface area contributed by atoms with Gasteiger partial charge in [0.25, 0.3) is 0 Å². The highest BCUT2D eigenvalue weighted by atomic mass is 32.2. The zero-order valence-corrected chi connectivity index (χ0v) is 18.6. The molecule has 8 nitrogen and oxygen atoms in total. The van der Waals surface area contributed by atoms with Gasteiger partial charge in [0.2, 0.25) is 21.8 Å². The Labute approximate surface area is 190 Å². The third-order valence-electron chi connectivity index (χ3n) is 4.36. The number of benzene rings is 3. The van der Waals surface area contributed by atoms with Gasteiger partial charge in [-0.05, 0) is 67.6 Å². The highest BCUT2D eigenvalue weighted by Crippen LogP contribution is 2.23. The van der Waals surface area contributed by atoms with Gasteiger partial charge in [0, 0.05) is 24.4 Å². The van der Waals surface area contributed by atoms with Gasteiger partial charge in [-0.15, -0.1) is 0 Å². The lowest BCUT2D eigenvalue weighted by Crippen LogP contribution is -2.41. The van der Waals surface area contributed by atoms with Crippen LogP contribution >= 0.6 is 0 Å². The van der Waals surface area contributed by atoms with Crippen molar-refractivity contribution in [3.63, 3.8) is 0 Å². The number of amides is 2. The van der Waals surface area contributed by atoms with Gasteiger partial charge in [-0.3, -0.25) is 9.59 Å². The molecule has 3 aromatic rings. The van der Waals surface area contributed by atoms with E-state index in [1.54, 1.807) is 30.3 Å².